The van der Waals surface area contributed by atoms with E-state index < -0.39 is 10.0 Å². The van der Waals surface area contributed by atoms with E-state index in [-0.39, 0.29) is 32.4 Å². The molecule has 0 bridgehead atoms. The highest BCUT2D eigenvalue weighted by atomic mass is 35.5. The summed E-state index contributed by atoms with van der Waals surface area (Å²) >= 11 is 6.11. The van der Waals surface area contributed by atoms with Crippen LogP contribution >= 0.6 is 11.6 Å². The predicted octanol–water partition coefficient (Wildman–Crippen LogP) is 4.21. The zero-order valence-corrected chi connectivity index (χ0v) is 19.7. The zero-order valence-electron chi connectivity index (χ0n) is 18.1. The summed E-state index contributed by atoms with van der Waals surface area (Å²) in [5.74, 6) is 0.328. The molecule has 1 aromatic carbocycles. The molecule has 3 rings (SSSR count). The van der Waals surface area contributed by atoms with Gasteiger partial charge in [-0.05, 0) is 41.3 Å². The molecule has 0 radical (unpaired) electrons. The lowest BCUT2D eigenvalue weighted by Crippen LogP contribution is -2.18. The average molecular weight is 474 g/mol. The van der Waals surface area contributed by atoms with Crippen LogP contribution in [0.3, 0.4) is 0 Å². The monoisotopic (exact) mass is 473 g/mol. The molecule has 3 aromatic rings. The van der Waals surface area contributed by atoms with Crippen LogP contribution in [0.15, 0.2) is 64.9 Å². The summed E-state index contributed by atoms with van der Waals surface area (Å²) in [6.45, 7) is 6.17. The molecule has 0 saturated carbocycles. The average Bonchev–Trinajstić information content (AvgIpc) is 2.73. The van der Waals surface area contributed by atoms with Crippen LogP contribution < -0.4 is 10.5 Å². The number of benzene rings is 1. The van der Waals surface area contributed by atoms with Gasteiger partial charge < -0.3 is 10.6 Å². The Morgan fingerprint density at radius 2 is 1.78 bits per heavy atom. The summed E-state index contributed by atoms with van der Waals surface area (Å²) in [7, 11) is -2.56. The Bertz CT molecular complexity index is 1240. The molecule has 2 aromatic heterocycles. The Hall–Kier alpha value is -3.17. The third-order valence-electron chi connectivity index (χ3n) is 4.60. The van der Waals surface area contributed by atoms with Crippen LogP contribution in [0, 0.1) is 0 Å². The predicted molar refractivity (Wildman–Crippen MR) is 126 cm³/mol. The maximum Gasteiger partial charge on any atom is 0.261 e. The van der Waals surface area contributed by atoms with Crippen molar-refractivity contribution in [3.63, 3.8) is 0 Å². The fourth-order valence-corrected chi connectivity index (χ4v) is 4.13. The van der Waals surface area contributed by atoms with Gasteiger partial charge in [0.25, 0.3) is 10.0 Å². The lowest BCUT2D eigenvalue weighted by atomic mass is 9.87. The van der Waals surface area contributed by atoms with E-state index >= 15 is 0 Å². The summed E-state index contributed by atoms with van der Waals surface area (Å²) in [5.41, 5.74) is 7.75. The van der Waals surface area contributed by atoms with Crippen LogP contribution in [0.1, 0.15) is 37.6 Å². The number of hydrogen-bond donors (Lipinski definition) is 2. The fourth-order valence-electron chi connectivity index (χ4n) is 2.91. The second kappa shape index (κ2) is 9.13. The highest BCUT2D eigenvalue weighted by Gasteiger charge is 2.22. The number of hydrogen-bond acceptors (Lipinski definition) is 7. The van der Waals surface area contributed by atoms with Gasteiger partial charge in [-0.25, -0.2) is 13.4 Å². The van der Waals surface area contributed by atoms with Crippen molar-refractivity contribution >= 4 is 38.8 Å². The van der Waals surface area contributed by atoms with E-state index in [9.17, 15) is 8.42 Å². The maximum absolute atomic E-state index is 13.1. The normalized spacial score (nSPS) is 12.5. The summed E-state index contributed by atoms with van der Waals surface area (Å²) < 4.78 is 28.8. The number of oxime groups is 1. The summed E-state index contributed by atoms with van der Waals surface area (Å²) in [4.78, 5) is 13.4. The standard InChI is InChI=1S/C22H24ClN5O3S/c1-22(2,3)15-6-8-17(9-7-15)32(29,30)28-18-11-16(23)13-26-21(18)20(27-31-4)14-5-10-19(24)25-12-14/h5-13,28H,1-4H3,(H2,24,25). The number of aromatic nitrogens is 2. The molecule has 8 nitrogen and oxygen atoms in total. The highest BCUT2D eigenvalue weighted by Crippen LogP contribution is 2.27. The van der Waals surface area contributed by atoms with E-state index in [0.717, 1.165) is 5.56 Å². The molecule has 0 saturated heterocycles. The van der Waals surface area contributed by atoms with Gasteiger partial charge in [0.2, 0.25) is 0 Å². The number of halogens is 1. The SMILES string of the molecule is CON=C(c1ccc(N)nc1)c1ncc(Cl)cc1NS(=O)(=O)c1ccc(C(C)(C)C)cc1. The molecule has 0 aliphatic heterocycles. The third-order valence-corrected chi connectivity index (χ3v) is 6.18. The van der Waals surface area contributed by atoms with Gasteiger partial charge in [-0.3, -0.25) is 9.71 Å². The summed E-state index contributed by atoms with van der Waals surface area (Å²) in [6.07, 6.45) is 2.88. The first kappa shape index (κ1) is 23.5. The van der Waals surface area contributed by atoms with Gasteiger partial charge >= 0.3 is 0 Å². The van der Waals surface area contributed by atoms with Crippen molar-refractivity contribution in [2.75, 3.05) is 17.6 Å². The molecule has 0 amide bonds. The lowest BCUT2D eigenvalue weighted by Gasteiger charge is -2.19. The van der Waals surface area contributed by atoms with Crippen LogP contribution in [0.5, 0.6) is 0 Å². The van der Waals surface area contributed by atoms with Gasteiger partial charge in [0, 0.05) is 18.0 Å². The summed E-state index contributed by atoms with van der Waals surface area (Å²) in [6, 6.07) is 11.5. The van der Waals surface area contributed by atoms with Crippen LogP contribution in [0.4, 0.5) is 11.5 Å². The maximum atomic E-state index is 13.1. The minimum absolute atomic E-state index is 0.0988. The Kier molecular flexibility index (Phi) is 6.71. The Labute approximate surface area is 192 Å². The van der Waals surface area contributed by atoms with Crippen molar-refractivity contribution < 1.29 is 13.3 Å². The molecule has 32 heavy (non-hydrogen) atoms. The first-order chi connectivity index (χ1) is 15.0. The minimum Gasteiger partial charge on any atom is -0.399 e. The number of rotatable bonds is 6. The first-order valence-corrected chi connectivity index (χ1v) is 11.5. The van der Waals surface area contributed by atoms with Gasteiger partial charge in [0.1, 0.15) is 24.3 Å². The quantitative estimate of drug-likeness (QED) is 0.408. The Balaban J connectivity index is 2.04. The van der Waals surface area contributed by atoms with E-state index in [1.54, 1.807) is 36.4 Å². The largest absolute Gasteiger partial charge is 0.399 e. The summed E-state index contributed by atoms with van der Waals surface area (Å²) in [5, 5.41) is 4.27. The molecular formula is C22H24ClN5O3S. The smallest absolute Gasteiger partial charge is 0.261 e. The number of pyridine rings is 2. The van der Waals surface area contributed by atoms with E-state index in [0.29, 0.717) is 11.4 Å². The van der Waals surface area contributed by atoms with Crippen LogP contribution in [-0.2, 0) is 20.3 Å². The van der Waals surface area contributed by atoms with Crippen LogP contribution in [0.25, 0.3) is 0 Å². The van der Waals surface area contributed by atoms with Gasteiger partial charge in [-0.15, -0.1) is 0 Å². The second-order valence-corrected chi connectivity index (χ2v) is 10.1. The molecule has 0 fully saturated rings. The minimum atomic E-state index is -3.93. The van der Waals surface area contributed by atoms with Gasteiger partial charge in [0.05, 0.1) is 15.6 Å². The van der Waals surface area contributed by atoms with E-state index in [1.807, 2.05) is 0 Å². The Morgan fingerprint density at radius 3 is 2.34 bits per heavy atom. The van der Waals surface area contributed by atoms with Gasteiger partial charge in [-0.1, -0.05) is 49.7 Å². The number of nitrogens with zero attached hydrogens (tertiary/aromatic N) is 3. The molecule has 0 aliphatic carbocycles. The number of nitrogens with two attached hydrogens (primary N) is 1. The first-order valence-electron chi connectivity index (χ1n) is 9.63. The molecule has 0 unspecified atom stereocenters. The topological polar surface area (TPSA) is 120 Å². The van der Waals surface area contributed by atoms with E-state index in [2.05, 4.69) is 40.6 Å². The van der Waals surface area contributed by atoms with Crippen molar-refractivity contribution in [1.82, 2.24) is 9.97 Å². The molecule has 0 atom stereocenters. The molecular weight excluding hydrogens is 450 g/mol. The van der Waals surface area contributed by atoms with Crippen molar-refractivity contribution in [2.45, 2.75) is 31.1 Å². The third kappa shape index (κ3) is 5.35. The molecule has 168 valence electrons. The van der Waals surface area contributed by atoms with Crippen molar-refractivity contribution in [3.8, 4) is 0 Å². The van der Waals surface area contributed by atoms with Crippen molar-refractivity contribution in [3.05, 3.63) is 76.7 Å². The van der Waals surface area contributed by atoms with Crippen LogP contribution in [0.2, 0.25) is 5.02 Å². The lowest BCUT2D eigenvalue weighted by molar-refractivity contribution is 0.214. The number of sulfonamides is 1. The van der Waals surface area contributed by atoms with E-state index in [4.69, 9.17) is 22.2 Å². The highest BCUT2D eigenvalue weighted by molar-refractivity contribution is 7.92. The van der Waals surface area contributed by atoms with Crippen molar-refractivity contribution in [1.29, 1.82) is 0 Å². The van der Waals surface area contributed by atoms with Crippen molar-refractivity contribution in [2.24, 2.45) is 5.16 Å². The second-order valence-electron chi connectivity index (χ2n) is 8.02. The fraction of sp³-hybridized carbons (Fsp3) is 0.227. The number of anilines is 2. The van der Waals surface area contributed by atoms with E-state index in [1.165, 1.54) is 25.6 Å². The zero-order chi connectivity index (χ0) is 23.5. The number of nitrogens with one attached hydrogen (secondary N) is 1. The molecule has 2 heterocycles. The molecule has 3 N–H and O–H groups in total. The molecule has 0 spiro atoms. The number of nitrogen functional groups attached to an aromatic ring is 1. The Morgan fingerprint density at radius 1 is 1.09 bits per heavy atom. The van der Waals surface area contributed by atoms with Gasteiger partial charge in [-0.2, -0.15) is 0 Å². The van der Waals surface area contributed by atoms with Gasteiger partial charge in [0.15, 0.2) is 0 Å². The van der Waals surface area contributed by atoms with Crippen LogP contribution in [-0.4, -0.2) is 31.2 Å². The molecule has 0 aliphatic rings. The molecule has 10 heteroatoms.